The molecule has 0 bridgehead atoms. The van der Waals surface area contributed by atoms with Crippen LogP contribution >= 0.6 is 0 Å². The zero-order valence-corrected chi connectivity index (χ0v) is 21.4. The van der Waals surface area contributed by atoms with Crippen molar-refractivity contribution in [2.75, 3.05) is 47.6 Å². The van der Waals surface area contributed by atoms with E-state index >= 15 is 0 Å². The molecular weight excluding hydrogens is 488 g/mol. The minimum Gasteiger partial charge on any atom is -0.371 e. The number of sulfone groups is 1. The van der Waals surface area contributed by atoms with Gasteiger partial charge in [-0.3, -0.25) is 10.1 Å². The maximum absolute atomic E-state index is 13.6. The summed E-state index contributed by atoms with van der Waals surface area (Å²) in [5, 5.41) is 2.74. The summed E-state index contributed by atoms with van der Waals surface area (Å²) >= 11 is 0. The molecule has 1 saturated carbocycles. The van der Waals surface area contributed by atoms with E-state index in [0.717, 1.165) is 37.8 Å². The number of alkyl halides is 2. The number of hydrogen-bond donors (Lipinski definition) is 1. The third-order valence-corrected chi connectivity index (χ3v) is 8.84. The monoisotopic (exact) mass is 519 g/mol. The van der Waals surface area contributed by atoms with Gasteiger partial charge >= 0.3 is 0 Å². The Labute approximate surface area is 210 Å². The van der Waals surface area contributed by atoms with Crippen molar-refractivity contribution >= 4 is 33.2 Å². The summed E-state index contributed by atoms with van der Waals surface area (Å²) in [6.45, 7) is 3.67. The molecule has 3 aliphatic rings. The summed E-state index contributed by atoms with van der Waals surface area (Å²) in [6, 6.07) is 4.55. The first-order valence-electron chi connectivity index (χ1n) is 12.3. The molecule has 0 radical (unpaired) electrons. The standard InChI is InChI=1S/C25H31F2N5O3S/c1-17-16-28-23(29-21(17)32-13-9-25(26,27)10-14-32)30-22(33)19-4-3-18(36(2,34)35)15-20(19)31-11-7-24(5-6-24)8-12-31/h3-4,15-16H,5-14H2,1-2H3,(H,28,29,30,33). The lowest BCUT2D eigenvalue weighted by Crippen LogP contribution is -2.40. The van der Waals surface area contributed by atoms with Crippen LogP contribution in [0.1, 0.15) is 54.4 Å². The van der Waals surface area contributed by atoms with Gasteiger partial charge in [0, 0.05) is 57.0 Å². The number of hydrogen-bond acceptors (Lipinski definition) is 7. The first kappa shape index (κ1) is 24.9. The zero-order valence-electron chi connectivity index (χ0n) is 20.6. The third kappa shape index (κ3) is 5.16. The van der Waals surface area contributed by atoms with Crippen molar-refractivity contribution in [3.63, 3.8) is 0 Å². The van der Waals surface area contributed by atoms with Crippen molar-refractivity contribution in [2.45, 2.75) is 56.3 Å². The summed E-state index contributed by atoms with van der Waals surface area (Å²) in [5.74, 6) is -2.52. The van der Waals surface area contributed by atoms with Gasteiger partial charge in [0.2, 0.25) is 5.95 Å². The van der Waals surface area contributed by atoms with E-state index in [0.29, 0.717) is 22.5 Å². The predicted octanol–water partition coefficient (Wildman–Crippen LogP) is 4.06. The predicted molar refractivity (Wildman–Crippen MR) is 134 cm³/mol. The van der Waals surface area contributed by atoms with E-state index in [1.54, 1.807) is 24.1 Å². The molecule has 1 aromatic carbocycles. The average molecular weight is 520 g/mol. The number of benzene rings is 1. The Morgan fingerprint density at radius 1 is 1.00 bits per heavy atom. The van der Waals surface area contributed by atoms with Gasteiger partial charge in [0.05, 0.1) is 16.1 Å². The minimum absolute atomic E-state index is 0.0756. The van der Waals surface area contributed by atoms with E-state index in [9.17, 15) is 22.0 Å². The molecule has 0 unspecified atom stereocenters. The summed E-state index contributed by atoms with van der Waals surface area (Å²) in [6.07, 6.45) is 6.75. The largest absolute Gasteiger partial charge is 0.371 e. The van der Waals surface area contributed by atoms with Crippen LogP contribution in [0.5, 0.6) is 0 Å². The van der Waals surface area contributed by atoms with Gasteiger partial charge in [-0.05, 0) is 56.2 Å². The molecule has 5 rings (SSSR count). The third-order valence-electron chi connectivity index (χ3n) is 7.73. The van der Waals surface area contributed by atoms with Gasteiger partial charge < -0.3 is 9.80 Å². The number of amides is 1. The minimum atomic E-state index is -3.45. The highest BCUT2D eigenvalue weighted by atomic mass is 32.2. The highest BCUT2D eigenvalue weighted by Gasteiger charge is 2.44. The fourth-order valence-electron chi connectivity index (χ4n) is 5.12. The van der Waals surface area contributed by atoms with Gasteiger partial charge in [0.15, 0.2) is 9.84 Å². The normalized spacial score (nSPS) is 20.9. The van der Waals surface area contributed by atoms with Crippen molar-refractivity contribution in [1.82, 2.24) is 9.97 Å². The van der Waals surface area contributed by atoms with Gasteiger partial charge in [0.1, 0.15) is 5.82 Å². The van der Waals surface area contributed by atoms with Crippen molar-refractivity contribution in [3.8, 4) is 0 Å². The fraction of sp³-hybridized carbons (Fsp3) is 0.560. The molecular formula is C25H31F2N5O3S. The zero-order chi connectivity index (χ0) is 25.7. The van der Waals surface area contributed by atoms with Crippen LogP contribution in [0.2, 0.25) is 0 Å². The molecule has 3 heterocycles. The van der Waals surface area contributed by atoms with Crippen LogP contribution in [0, 0.1) is 12.3 Å². The molecule has 1 amide bonds. The molecule has 2 saturated heterocycles. The second kappa shape index (κ2) is 8.93. The smallest absolute Gasteiger partial charge is 0.260 e. The topological polar surface area (TPSA) is 95.5 Å². The highest BCUT2D eigenvalue weighted by molar-refractivity contribution is 7.90. The molecule has 0 atom stereocenters. The molecule has 2 aliphatic heterocycles. The fourth-order valence-corrected chi connectivity index (χ4v) is 5.76. The van der Waals surface area contributed by atoms with Gasteiger partial charge in [-0.15, -0.1) is 0 Å². The number of piperidine rings is 2. The van der Waals surface area contributed by atoms with Crippen LogP contribution in [0.4, 0.5) is 26.2 Å². The second-order valence-electron chi connectivity index (χ2n) is 10.4. The van der Waals surface area contributed by atoms with Crippen molar-refractivity contribution in [1.29, 1.82) is 0 Å². The Hall–Kier alpha value is -2.82. The Balaban J connectivity index is 1.39. The van der Waals surface area contributed by atoms with Crippen LogP contribution in [0.3, 0.4) is 0 Å². The maximum Gasteiger partial charge on any atom is 0.260 e. The molecule has 1 aromatic heterocycles. The van der Waals surface area contributed by atoms with Crippen LogP contribution in [-0.4, -0.2) is 62.7 Å². The van der Waals surface area contributed by atoms with E-state index in [1.807, 2.05) is 0 Å². The lowest BCUT2D eigenvalue weighted by molar-refractivity contribution is -0.0221. The quantitative estimate of drug-likeness (QED) is 0.637. The van der Waals surface area contributed by atoms with E-state index in [-0.39, 0.29) is 36.8 Å². The van der Waals surface area contributed by atoms with Gasteiger partial charge in [-0.1, -0.05) is 0 Å². The molecule has 1 aliphatic carbocycles. The summed E-state index contributed by atoms with van der Waals surface area (Å²) in [7, 11) is -3.45. The van der Waals surface area contributed by atoms with E-state index in [1.165, 1.54) is 25.0 Å². The summed E-state index contributed by atoms with van der Waals surface area (Å²) in [5.41, 5.74) is 2.09. The molecule has 3 fully saturated rings. The summed E-state index contributed by atoms with van der Waals surface area (Å²) < 4.78 is 51.7. The van der Waals surface area contributed by atoms with Gasteiger partial charge in [0.25, 0.3) is 11.8 Å². The summed E-state index contributed by atoms with van der Waals surface area (Å²) in [4.78, 5) is 26.1. The lowest BCUT2D eigenvalue weighted by Gasteiger charge is -2.35. The van der Waals surface area contributed by atoms with E-state index in [4.69, 9.17) is 0 Å². The SMILES string of the molecule is Cc1cnc(NC(=O)c2ccc(S(C)(=O)=O)cc2N2CCC3(CC2)CC3)nc1N1CCC(F)(F)CC1. The van der Waals surface area contributed by atoms with Gasteiger partial charge in [-0.25, -0.2) is 22.2 Å². The number of halogens is 2. The van der Waals surface area contributed by atoms with Crippen molar-refractivity contribution in [2.24, 2.45) is 5.41 Å². The molecule has 1 spiro atoms. The number of nitrogens with one attached hydrogen (secondary N) is 1. The number of aryl methyl sites for hydroxylation is 1. The number of carbonyl (C=O) groups excluding carboxylic acids is 1. The Morgan fingerprint density at radius 3 is 2.25 bits per heavy atom. The Morgan fingerprint density at radius 2 is 1.64 bits per heavy atom. The van der Waals surface area contributed by atoms with E-state index < -0.39 is 21.7 Å². The number of carbonyl (C=O) groups is 1. The maximum atomic E-state index is 13.6. The van der Waals surface area contributed by atoms with Crippen LogP contribution in [-0.2, 0) is 9.84 Å². The first-order chi connectivity index (χ1) is 16.9. The van der Waals surface area contributed by atoms with Crippen LogP contribution < -0.4 is 15.1 Å². The van der Waals surface area contributed by atoms with Crippen molar-refractivity contribution < 1.29 is 22.0 Å². The second-order valence-corrected chi connectivity index (χ2v) is 12.5. The Bertz CT molecular complexity index is 1280. The van der Waals surface area contributed by atoms with Crippen LogP contribution in [0.25, 0.3) is 0 Å². The molecule has 36 heavy (non-hydrogen) atoms. The molecule has 2 aromatic rings. The number of rotatable bonds is 5. The molecule has 1 N–H and O–H groups in total. The van der Waals surface area contributed by atoms with Gasteiger partial charge in [-0.2, -0.15) is 4.98 Å². The number of anilines is 3. The molecule has 194 valence electrons. The average Bonchev–Trinajstić information content (AvgIpc) is 3.58. The van der Waals surface area contributed by atoms with E-state index in [2.05, 4.69) is 20.2 Å². The molecule has 8 nitrogen and oxygen atoms in total. The lowest BCUT2D eigenvalue weighted by atomic mass is 9.93. The van der Waals surface area contributed by atoms with Crippen molar-refractivity contribution in [3.05, 3.63) is 35.5 Å². The molecule has 11 heteroatoms. The first-order valence-corrected chi connectivity index (χ1v) is 14.2. The highest BCUT2D eigenvalue weighted by Crippen LogP contribution is 2.54. The Kier molecular flexibility index (Phi) is 6.17. The number of nitrogens with zero attached hydrogens (tertiary/aromatic N) is 4. The number of aromatic nitrogens is 2. The van der Waals surface area contributed by atoms with Crippen LogP contribution in [0.15, 0.2) is 29.3 Å².